The van der Waals surface area contributed by atoms with Gasteiger partial charge in [0.1, 0.15) is 11.4 Å². The lowest BCUT2D eigenvalue weighted by molar-refractivity contribution is 0.0486. The van der Waals surface area contributed by atoms with Gasteiger partial charge in [0.15, 0.2) is 0 Å². The summed E-state index contributed by atoms with van der Waals surface area (Å²) in [5, 5.41) is 3.41. The van der Waals surface area contributed by atoms with Crippen LogP contribution in [0.15, 0.2) is 18.2 Å². The molecule has 1 saturated carbocycles. The van der Waals surface area contributed by atoms with Gasteiger partial charge in [-0.15, -0.1) is 0 Å². The SMILES string of the molecule is CC1(Oc2ccc3c(c2)CCNC3)CCCCC1. The number of rotatable bonds is 2. The number of benzene rings is 1. The van der Waals surface area contributed by atoms with Crippen LogP contribution in [0.5, 0.6) is 5.75 Å². The Morgan fingerprint density at radius 3 is 2.78 bits per heavy atom. The van der Waals surface area contributed by atoms with E-state index in [-0.39, 0.29) is 5.60 Å². The quantitative estimate of drug-likeness (QED) is 0.862. The normalized spacial score (nSPS) is 22.3. The predicted octanol–water partition coefficient (Wildman–Crippen LogP) is 3.43. The van der Waals surface area contributed by atoms with Crippen molar-refractivity contribution >= 4 is 0 Å². The van der Waals surface area contributed by atoms with Crippen molar-refractivity contribution in [1.29, 1.82) is 0 Å². The maximum absolute atomic E-state index is 6.29. The molecule has 2 heteroatoms. The minimum Gasteiger partial charge on any atom is -0.488 e. The summed E-state index contributed by atoms with van der Waals surface area (Å²) in [6, 6.07) is 6.63. The highest BCUT2D eigenvalue weighted by molar-refractivity contribution is 5.37. The number of nitrogens with one attached hydrogen (secondary N) is 1. The zero-order valence-electron chi connectivity index (χ0n) is 11.3. The lowest BCUT2D eigenvalue weighted by Crippen LogP contribution is -2.34. The summed E-state index contributed by atoms with van der Waals surface area (Å²) < 4.78 is 6.29. The van der Waals surface area contributed by atoms with E-state index in [9.17, 15) is 0 Å². The van der Waals surface area contributed by atoms with Crippen LogP contribution in [0.1, 0.15) is 50.2 Å². The summed E-state index contributed by atoms with van der Waals surface area (Å²) in [6.45, 7) is 4.37. The van der Waals surface area contributed by atoms with Gasteiger partial charge in [-0.05, 0) is 68.8 Å². The van der Waals surface area contributed by atoms with Gasteiger partial charge in [0.25, 0.3) is 0 Å². The Kier molecular flexibility index (Phi) is 3.29. The maximum Gasteiger partial charge on any atom is 0.120 e. The van der Waals surface area contributed by atoms with Crippen molar-refractivity contribution in [3.63, 3.8) is 0 Å². The van der Waals surface area contributed by atoms with Gasteiger partial charge < -0.3 is 10.1 Å². The summed E-state index contributed by atoms with van der Waals surface area (Å²) in [5.74, 6) is 1.07. The summed E-state index contributed by atoms with van der Waals surface area (Å²) in [5.41, 5.74) is 2.97. The molecule has 0 radical (unpaired) electrons. The van der Waals surface area contributed by atoms with E-state index in [1.807, 2.05) is 0 Å². The average Bonchev–Trinajstić information content (AvgIpc) is 2.39. The van der Waals surface area contributed by atoms with Gasteiger partial charge in [-0.1, -0.05) is 12.5 Å². The molecule has 0 amide bonds. The molecule has 2 nitrogen and oxygen atoms in total. The van der Waals surface area contributed by atoms with Crippen molar-refractivity contribution < 1.29 is 4.74 Å². The molecular formula is C16H23NO. The highest BCUT2D eigenvalue weighted by Gasteiger charge is 2.28. The molecule has 98 valence electrons. The zero-order chi connectivity index (χ0) is 12.4. The van der Waals surface area contributed by atoms with Crippen LogP contribution in [0.3, 0.4) is 0 Å². The molecule has 1 aliphatic heterocycles. The molecule has 1 N–H and O–H groups in total. The van der Waals surface area contributed by atoms with Crippen molar-refractivity contribution in [3.05, 3.63) is 29.3 Å². The molecule has 3 rings (SSSR count). The second kappa shape index (κ2) is 4.93. The fourth-order valence-corrected chi connectivity index (χ4v) is 3.20. The molecule has 1 fully saturated rings. The third kappa shape index (κ3) is 2.54. The maximum atomic E-state index is 6.29. The first kappa shape index (κ1) is 12.0. The highest BCUT2D eigenvalue weighted by Crippen LogP contribution is 2.33. The van der Waals surface area contributed by atoms with Gasteiger partial charge in [0, 0.05) is 6.54 Å². The highest BCUT2D eigenvalue weighted by atomic mass is 16.5. The van der Waals surface area contributed by atoms with E-state index in [0.717, 1.165) is 25.3 Å². The van der Waals surface area contributed by atoms with E-state index in [1.54, 1.807) is 0 Å². The first-order valence-corrected chi connectivity index (χ1v) is 7.27. The molecule has 0 aromatic heterocycles. The van der Waals surface area contributed by atoms with Crippen LogP contribution in [-0.2, 0) is 13.0 Å². The Bertz CT molecular complexity index is 421. The summed E-state index contributed by atoms with van der Waals surface area (Å²) >= 11 is 0. The van der Waals surface area contributed by atoms with Crippen LogP contribution < -0.4 is 10.1 Å². The van der Waals surface area contributed by atoms with E-state index >= 15 is 0 Å². The van der Waals surface area contributed by atoms with E-state index in [1.165, 1.54) is 43.2 Å². The molecular weight excluding hydrogens is 222 g/mol. The molecule has 2 aliphatic rings. The van der Waals surface area contributed by atoms with Crippen molar-refractivity contribution in [2.24, 2.45) is 0 Å². The molecule has 0 saturated heterocycles. The van der Waals surface area contributed by atoms with Gasteiger partial charge in [-0.2, -0.15) is 0 Å². The van der Waals surface area contributed by atoms with Crippen molar-refractivity contribution in [1.82, 2.24) is 5.32 Å². The topological polar surface area (TPSA) is 21.3 Å². The van der Waals surface area contributed by atoms with Gasteiger partial charge in [0.2, 0.25) is 0 Å². The Labute approximate surface area is 110 Å². The molecule has 18 heavy (non-hydrogen) atoms. The lowest BCUT2D eigenvalue weighted by Gasteiger charge is -2.34. The molecule has 0 bridgehead atoms. The predicted molar refractivity (Wildman–Crippen MR) is 74.0 cm³/mol. The number of ether oxygens (including phenoxy) is 1. The Morgan fingerprint density at radius 2 is 1.94 bits per heavy atom. The third-order valence-corrected chi connectivity index (χ3v) is 4.34. The molecule has 1 aromatic rings. The minimum atomic E-state index is 0.0689. The zero-order valence-corrected chi connectivity index (χ0v) is 11.3. The molecule has 1 aromatic carbocycles. The van der Waals surface area contributed by atoms with E-state index in [4.69, 9.17) is 4.74 Å². The van der Waals surface area contributed by atoms with Crippen LogP contribution >= 0.6 is 0 Å². The largest absolute Gasteiger partial charge is 0.488 e. The standard InChI is InChI=1S/C16H23NO/c1-16(8-3-2-4-9-16)18-15-6-5-14-12-17-10-7-13(14)11-15/h5-6,11,17H,2-4,7-10,12H2,1H3. The molecule has 1 heterocycles. The van der Waals surface area contributed by atoms with Crippen LogP contribution in [0.2, 0.25) is 0 Å². The van der Waals surface area contributed by atoms with Gasteiger partial charge in [-0.3, -0.25) is 0 Å². The van der Waals surface area contributed by atoms with Crippen LogP contribution in [0, 0.1) is 0 Å². The van der Waals surface area contributed by atoms with Crippen LogP contribution in [0.4, 0.5) is 0 Å². The van der Waals surface area contributed by atoms with Gasteiger partial charge in [0.05, 0.1) is 0 Å². The molecule has 1 aliphatic carbocycles. The fraction of sp³-hybridized carbons (Fsp3) is 0.625. The summed E-state index contributed by atoms with van der Waals surface area (Å²) in [6.07, 6.45) is 7.52. The third-order valence-electron chi connectivity index (χ3n) is 4.34. The van der Waals surface area contributed by atoms with Crippen LogP contribution in [-0.4, -0.2) is 12.1 Å². The Morgan fingerprint density at radius 1 is 1.11 bits per heavy atom. The monoisotopic (exact) mass is 245 g/mol. The average molecular weight is 245 g/mol. The fourth-order valence-electron chi connectivity index (χ4n) is 3.20. The van der Waals surface area contributed by atoms with Gasteiger partial charge in [-0.25, -0.2) is 0 Å². The van der Waals surface area contributed by atoms with Crippen LogP contribution in [0.25, 0.3) is 0 Å². The Balaban J connectivity index is 1.76. The smallest absolute Gasteiger partial charge is 0.120 e. The number of hydrogen-bond acceptors (Lipinski definition) is 2. The van der Waals surface area contributed by atoms with E-state index in [2.05, 4.69) is 30.4 Å². The first-order valence-electron chi connectivity index (χ1n) is 7.27. The van der Waals surface area contributed by atoms with Gasteiger partial charge >= 0.3 is 0 Å². The second-order valence-electron chi connectivity index (χ2n) is 5.97. The second-order valence-corrected chi connectivity index (χ2v) is 5.97. The van der Waals surface area contributed by atoms with E-state index < -0.39 is 0 Å². The first-order chi connectivity index (χ1) is 8.75. The summed E-state index contributed by atoms with van der Waals surface area (Å²) in [7, 11) is 0. The minimum absolute atomic E-state index is 0.0689. The van der Waals surface area contributed by atoms with Crippen molar-refractivity contribution in [2.75, 3.05) is 6.54 Å². The molecule has 0 unspecified atom stereocenters. The Hall–Kier alpha value is -1.02. The van der Waals surface area contributed by atoms with E-state index in [0.29, 0.717) is 0 Å². The molecule has 0 atom stereocenters. The lowest BCUT2D eigenvalue weighted by atomic mass is 9.86. The van der Waals surface area contributed by atoms with Crippen molar-refractivity contribution in [2.45, 2.75) is 57.6 Å². The van der Waals surface area contributed by atoms with Crippen molar-refractivity contribution in [3.8, 4) is 5.75 Å². The molecule has 0 spiro atoms. The summed E-state index contributed by atoms with van der Waals surface area (Å²) in [4.78, 5) is 0. The number of hydrogen-bond donors (Lipinski definition) is 1. The number of fused-ring (bicyclic) bond motifs is 1.